The molecule has 1 aliphatic carbocycles. The van der Waals surface area contributed by atoms with Gasteiger partial charge in [-0.05, 0) is 56.5 Å². The predicted octanol–water partition coefficient (Wildman–Crippen LogP) is 3.96. The van der Waals surface area contributed by atoms with Crippen LogP contribution in [0.3, 0.4) is 0 Å². The SMILES string of the molecule is CCOC(=O)C1(C(=O)OCC)CC(=C=C(C)CNS(=O)(=O)c2ccc(C)cc2)c2ccccc2C1. The van der Waals surface area contributed by atoms with E-state index < -0.39 is 27.4 Å². The Hall–Kier alpha value is -3.19. The highest BCUT2D eigenvalue weighted by Gasteiger charge is 2.52. The van der Waals surface area contributed by atoms with E-state index in [1.54, 1.807) is 45.0 Å². The fourth-order valence-corrected chi connectivity index (χ4v) is 5.15. The molecule has 0 saturated carbocycles. The van der Waals surface area contributed by atoms with Gasteiger partial charge in [-0.15, -0.1) is 5.73 Å². The molecule has 1 aliphatic rings. The summed E-state index contributed by atoms with van der Waals surface area (Å²) in [6.45, 7) is 7.30. The number of esters is 2. The van der Waals surface area contributed by atoms with Crippen LogP contribution in [0.25, 0.3) is 5.57 Å². The maximum Gasteiger partial charge on any atom is 0.324 e. The van der Waals surface area contributed by atoms with Crippen molar-refractivity contribution in [3.8, 4) is 0 Å². The molecule has 8 heteroatoms. The zero-order valence-electron chi connectivity index (χ0n) is 20.5. The van der Waals surface area contributed by atoms with Crippen LogP contribution in [-0.2, 0) is 35.5 Å². The highest BCUT2D eigenvalue weighted by Crippen LogP contribution is 2.43. The third kappa shape index (κ3) is 5.90. The van der Waals surface area contributed by atoms with Crippen LogP contribution in [-0.4, -0.2) is 40.1 Å². The van der Waals surface area contributed by atoms with E-state index in [2.05, 4.69) is 10.5 Å². The average molecular weight is 498 g/mol. The molecule has 7 nitrogen and oxygen atoms in total. The molecule has 2 aromatic carbocycles. The second-order valence-corrected chi connectivity index (χ2v) is 10.3. The minimum Gasteiger partial charge on any atom is -0.465 e. The van der Waals surface area contributed by atoms with E-state index in [9.17, 15) is 18.0 Å². The minimum absolute atomic E-state index is 0.0215. The number of hydrogen-bond acceptors (Lipinski definition) is 6. The highest BCUT2D eigenvalue weighted by molar-refractivity contribution is 7.89. The van der Waals surface area contributed by atoms with Gasteiger partial charge < -0.3 is 9.47 Å². The maximum atomic E-state index is 13.1. The Morgan fingerprint density at radius 2 is 1.57 bits per heavy atom. The van der Waals surface area contributed by atoms with Gasteiger partial charge >= 0.3 is 11.9 Å². The van der Waals surface area contributed by atoms with Gasteiger partial charge in [0.05, 0.1) is 18.1 Å². The number of fused-ring (bicyclic) bond motifs is 1. The van der Waals surface area contributed by atoms with E-state index in [0.29, 0.717) is 11.1 Å². The standard InChI is InChI=1S/C27H31NO6S/c1-5-33-25(29)27(26(30)34-6-2)16-21-9-7-8-10-24(21)22(17-27)15-20(4)18-28-35(31,32)23-13-11-19(3)12-14-23/h7-14,28H,5-6,16-18H2,1-4H3. The van der Waals surface area contributed by atoms with Gasteiger partial charge in [0.25, 0.3) is 0 Å². The Morgan fingerprint density at radius 3 is 2.17 bits per heavy atom. The molecule has 35 heavy (non-hydrogen) atoms. The fourth-order valence-electron chi connectivity index (χ4n) is 4.08. The van der Waals surface area contributed by atoms with E-state index in [1.165, 1.54) is 0 Å². The van der Waals surface area contributed by atoms with E-state index in [0.717, 1.165) is 16.7 Å². The van der Waals surface area contributed by atoms with Gasteiger partial charge in [0.1, 0.15) is 0 Å². The Bertz CT molecular complexity index is 1250. The molecule has 0 radical (unpaired) electrons. The summed E-state index contributed by atoms with van der Waals surface area (Å²) >= 11 is 0. The van der Waals surface area contributed by atoms with E-state index >= 15 is 0 Å². The first-order chi connectivity index (χ1) is 16.6. The number of carbonyl (C=O) groups excluding carboxylic acids is 2. The predicted molar refractivity (Wildman–Crippen MR) is 133 cm³/mol. The largest absolute Gasteiger partial charge is 0.465 e. The molecule has 0 spiro atoms. The molecule has 0 bridgehead atoms. The quantitative estimate of drug-likeness (QED) is 0.337. The Morgan fingerprint density at radius 1 is 0.971 bits per heavy atom. The maximum absolute atomic E-state index is 13.1. The average Bonchev–Trinajstić information content (AvgIpc) is 2.83. The molecule has 0 saturated heterocycles. The number of nitrogens with one attached hydrogen (secondary N) is 1. The van der Waals surface area contributed by atoms with Gasteiger partial charge in [-0.2, -0.15) is 0 Å². The van der Waals surface area contributed by atoms with Crippen LogP contribution in [0.1, 0.15) is 43.9 Å². The van der Waals surface area contributed by atoms with Crippen LogP contribution in [0.2, 0.25) is 0 Å². The number of carbonyl (C=O) groups is 2. The van der Waals surface area contributed by atoms with Crippen LogP contribution in [0.5, 0.6) is 0 Å². The molecule has 0 aliphatic heterocycles. The molecule has 0 unspecified atom stereocenters. The van der Waals surface area contributed by atoms with Gasteiger partial charge in [-0.3, -0.25) is 9.59 Å². The van der Waals surface area contributed by atoms with E-state index in [-0.39, 0.29) is 37.5 Å². The van der Waals surface area contributed by atoms with Crippen LogP contribution in [0.4, 0.5) is 0 Å². The molecular formula is C27H31NO6S. The van der Waals surface area contributed by atoms with Gasteiger partial charge in [-0.25, -0.2) is 13.1 Å². The monoisotopic (exact) mass is 497 g/mol. The van der Waals surface area contributed by atoms with Crippen LogP contribution >= 0.6 is 0 Å². The molecule has 186 valence electrons. The number of benzene rings is 2. The number of hydrogen-bond donors (Lipinski definition) is 1. The highest BCUT2D eigenvalue weighted by atomic mass is 32.2. The van der Waals surface area contributed by atoms with Crippen molar-refractivity contribution in [1.82, 2.24) is 4.72 Å². The van der Waals surface area contributed by atoms with Gasteiger partial charge in [0, 0.05) is 25.0 Å². The number of aryl methyl sites for hydroxylation is 1. The van der Waals surface area contributed by atoms with E-state index in [1.807, 2.05) is 31.2 Å². The lowest BCUT2D eigenvalue weighted by Crippen LogP contribution is -2.46. The number of sulfonamides is 1. The second-order valence-electron chi connectivity index (χ2n) is 8.56. The summed E-state index contributed by atoms with van der Waals surface area (Å²) in [5, 5.41) is 0. The third-order valence-electron chi connectivity index (χ3n) is 5.87. The molecule has 3 rings (SSSR count). The first kappa shape index (κ1) is 26.4. The van der Waals surface area contributed by atoms with Crippen molar-refractivity contribution in [1.29, 1.82) is 0 Å². The van der Waals surface area contributed by atoms with Crippen molar-refractivity contribution in [2.24, 2.45) is 5.41 Å². The summed E-state index contributed by atoms with van der Waals surface area (Å²) < 4.78 is 38.5. The molecule has 1 N–H and O–H groups in total. The van der Waals surface area contributed by atoms with Crippen molar-refractivity contribution >= 4 is 27.5 Å². The molecule has 0 fully saturated rings. The van der Waals surface area contributed by atoms with E-state index in [4.69, 9.17) is 9.47 Å². The number of ether oxygens (including phenoxy) is 2. The summed E-state index contributed by atoms with van der Waals surface area (Å²) in [4.78, 5) is 26.3. The Balaban J connectivity index is 2.00. The molecule has 0 amide bonds. The Kier molecular flexibility index (Phi) is 8.33. The molecule has 2 aromatic rings. The molecule has 0 aromatic heterocycles. The fraction of sp³-hybridized carbons (Fsp3) is 0.370. The lowest BCUT2D eigenvalue weighted by atomic mass is 9.69. The van der Waals surface area contributed by atoms with Crippen molar-refractivity contribution in [2.75, 3.05) is 19.8 Å². The first-order valence-electron chi connectivity index (χ1n) is 11.6. The van der Waals surface area contributed by atoms with Crippen molar-refractivity contribution < 1.29 is 27.5 Å². The minimum atomic E-state index is -3.71. The normalized spacial score (nSPS) is 14.5. The lowest BCUT2D eigenvalue weighted by Gasteiger charge is -2.34. The molecule has 0 atom stereocenters. The van der Waals surface area contributed by atoms with Crippen molar-refractivity contribution in [3.05, 3.63) is 76.5 Å². The van der Waals surface area contributed by atoms with Gasteiger partial charge in [0.2, 0.25) is 10.0 Å². The zero-order valence-corrected chi connectivity index (χ0v) is 21.3. The molecule has 0 heterocycles. The summed E-state index contributed by atoms with van der Waals surface area (Å²) in [5.74, 6) is -1.27. The van der Waals surface area contributed by atoms with Crippen molar-refractivity contribution in [2.45, 2.75) is 45.4 Å². The third-order valence-corrected chi connectivity index (χ3v) is 7.29. The summed E-state index contributed by atoms with van der Waals surface area (Å²) in [7, 11) is -3.71. The zero-order chi connectivity index (χ0) is 25.6. The summed E-state index contributed by atoms with van der Waals surface area (Å²) in [5.41, 5.74) is 5.58. The van der Waals surface area contributed by atoms with Crippen molar-refractivity contribution in [3.63, 3.8) is 0 Å². The first-order valence-corrected chi connectivity index (χ1v) is 13.1. The summed E-state index contributed by atoms with van der Waals surface area (Å²) in [6.07, 6.45) is 0.203. The molecular weight excluding hydrogens is 466 g/mol. The second kappa shape index (κ2) is 11.0. The summed E-state index contributed by atoms with van der Waals surface area (Å²) in [6, 6.07) is 14.1. The Labute approximate surface area is 206 Å². The van der Waals surface area contributed by atoms with Crippen LogP contribution < -0.4 is 4.72 Å². The smallest absolute Gasteiger partial charge is 0.324 e. The van der Waals surface area contributed by atoms with Crippen LogP contribution in [0.15, 0.2) is 64.7 Å². The topological polar surface area (TPSA) is 98.8 Å². The van der Waals surface area contributed by atoms with Gasteiger partial charge in [-0.1, -0.05) is 42.0 Å². The van der Waals surface area contributed by atoms with Gasteiger partial charge in [0.15, 0.2) is 5.41 Å². The van der Waals surface area contributed by atoms with Crippen LogP contribution in [0, 0.1) is 12.3 Å². The number of rotatable bonds is 8. The lowest BCUT2D eigenvalue weighted by molar-refractivity contribution is -0.172.